The third-order valence-corrected chi connectivity index (χ3v) is 5.02. The normalized spacial score (nSPS) is 20.0. The van der Waals surface area contributed by atoms with Gasteiger partial charge in [-0.3, -0.25) is 14.4 Å². The van der Waals surface area contributed by atoms with Crippen molar-refractivity contribution in [2.24, 2.45) is 5.92 Å². The quantitative estimate of drug-likeness (QED) is 0.827. The lowest BCUT2D eigenvalue weighted by Crippen LogP contribution is -2.29. The number of benzene rings is 1. The minimum Gasteiger partial charge on any atom is -0.497 e. The molecule has 3 rings (SSSR count). The smallest absolute Gasteiger partial charge is 0.304 e. The number of rotatable bonds is 5. The first kappa shape index (κ1) is 15.6. The van der Waals surface area contributed by atoms with Crippen molar-refractivity contribution in [2.45, 2.75) is 6.42 Å². The van der Waals surface area contributed by atoms with Gasteiger partial charge in [0.2, 0.25) is 5.91 Å². The van der Waals surface area contributed by atoms with Crippen molar-refractivity contribution < 1.29 is 24.2 Å². The lowest BCUT2D eigenvalue weighted by atomic mass is 9.91. The van der Waals surface area contributed by atoms with Crippen LogP contribution >= 0.6 is 11.8 Å². The molecule has 2 aliphatic rings. The van der Waals surface area contributed by atoms with Crippen molar-refractivity contribution in [2.75, 3.05) is 19.4 Å². The Morgan fingerprint density at radius 1 is 1.35 bits per heavy atom. The molecule has 0 bridgehead atoms. The van der Waals surface area contributed by atoms with Crippen molar-refractivity contribution in [1.82, 2.24) is 4.90 Å². The van der Waals surface area contributed by atoms with Gasteiger partial charge in [-0.15, -0.1) is 11.8 Å². The fourth-order valence-electron chi connectivity index (χ4n) is 2.82. The van der Waals surface area contributed by atoms with E-state index in [1.54, 1.807) is 24.3 Å². The van der Waals surface area contributed by atoms with Gasteiger partial charge in [-0.2, -0.15) is 0 Å². The number of nitrogens with zero attached hydrogens (tertiary/aromatic N) is 1. The molecule has 23 heavy (non-hydrogen) atoms. The van der Waals surface area contributed by atoms with Crippen LogP contribution in [0.5, 0.6) is 5.75 Å². The molecule has 1 aromatic rings. The van der Waals surface area contributed by atoms with E-state index in [4.69, 9.17) is 9.84 Å². The highest BCUT2D eigenvalue weighted by atomic mass is 32.2. The average Bonchev–Trinajstić information content (AvgIpc) is 3.10. The SMILES string of the molecule is COc1ccc(C(=O)C2=C3SCCN3C(=O)[C@H]2CC(=O)O)cc1. The van der Waals surface area contributed by atoms with Crippen molar-refractivity contribution in [1.29, 1.82) is 0 Å². The largest absolute Gasteiger partial charge is 0.497 e. The van der Waals surface area contributed by atoms with Crippen LogP contribution in [0.3, 0.4) is 0 Å². The van der Waals surface area contributed by atoms with Gasteiger partial charge in [-0.05, 0) is 24.3 Å². The van der Waals surface area contributed by atoms with E-state index in [9.17, 15) is 14.4 Å². The van der Waals surface area contributed by atoms with E-state index in [0.29, 0.717) is 28.5 Å². The number of thioether (sulfide) groups is 1. The number of ether oxygens (including phenoxy) is 1. The summed E-state index contributed by atoms with van der Waals surface area (Å²) in [7, 11) is 1.53. The van der Waals surface area contributed by atoms with Gasteiger partial charge >= 0.3 is 5.97 Å². The zero-order valence-electron chi connectivity index (χ0n) is 12.4. The maximum atomic E-state index is 12.8. The summed E-state index contributed by atoms with van der Waals surface area (Å²) in [5, 5.41) is 9.68. The molecule has 2 aliphatic heterocycles. The van der Waals surface area contributed by atoms with Crippen LogP contribution in [-0.2, 0) is 9.59 Å². The number of hydrogen-bond donors (Lipinski definition) is 1. The number of methoxy groups -OCH3 is 1. The summed E-state index contributed by atoms with van der Waals surface area (Å²) in [6, 6.07) is 6.58. The van der Waals surface area contributed by atoms with E-state index in [2.05, 4.69) is 0 Å². The molecule has 1 N–H and O–H groups in total. The van der Waals surface area contributed by atoms with Gasteiger partial charge in [-0.25, -0.2) is 0 Å². The Balaban J connectivity index is 1.98. The zero-order chi connectivity index (χ0) is 16.6. The van der Waals surface area contributed by atoms with E-state index in [0.717, 1.165) is 5.75 Å². The third kappa shape index (κ3) is 2.72. The second-order valence-electron chi connectivity index (χ2n) is 5.27. The van der Waals surface area contributed by atoms with Crippen LogP contribution in [0, 0.1) is 5.92 Å². The molecule has 1 atom stereocenters. The Labute approximate surface area is 137 Å². The predicted octanol–water partition coefficient (Wildman–Crippen LogP) is 1.77. The van der Waals surface area contributed by atoms with Crippen molar-refractivity contribution >= 4 is 29.4 Å². The molecular formula is C16H15NO5S. The first-order chi connectivity index (χ1) is 11.0. The highest BCUT2D eigenvalue weighted by Crippen LogP contribution is 2.43. The van der Waals surface area contributed by atoms with Crippen molar-refractivity contribution in [3.8, 4) is 5.75 Å². The van der Waals surface area contributed by atoms with Crippen LogP contribution < -0.4 is 4.74 Å². The maximum absolute atomic E-state index is 12.8. The standard InChI is InChI=1S/C16H15NO5S/c1-22-10-4-2-9(3-5-10)14(20)13-11(8-12(18)19)15(21)17-6-7-23-16(13)17/h2-5,11H,6-8H2,1H3,(H,18,19)/t11-/m0/s1. The summed E-state index contributed by atoms with van der Waals surface area (Å²) in [4.78, 5) is 37.9. The Morgan fingerprint density at radius 3 is 2.65 bits per heavy atom. The van der Waals surface area contributed by atoms with Gasteiger partial charge in [0, 0.05) is 23.4 Å². The Hall–Kier alpha value is -2.28. The predicted molar refractivity (Wildman–Crippen MR) is 84.3 cm³/mol. The summed E-state index contributed by atoms with van der Waals surface area (Å²) in [5.74, 6) is -1.22. The van der Waals surface area contributed by atoms with Gasteiger partial charge < -0.3 is 14.7 Å². The Kier molecular flexibility index (Phi) is 4.12. The first-order valence-corrected chi connectivity index (χ1v) is 8.10. The van der Waals surface area contributed by atoms with Crippen LogP contribution in [-0.4, -0.2) is 47.1 Å². The molecule has 2 heterocycles. The molecule has 0 aromatic heterocycles. The molecule has 1 amide bonds. The summed E-state index contributed by atoms with van der Waals surface area (Å²) >= 11 is 1.43. The van der Waals surface area contributed by atoms with E-state index in [1.165, 1.54) is 23.8 Å². The number of ketones is 1. The van der Waals surface area contributed by atoms with E-state index >= 15 is 0 Å². The number of carbonyl (C=O) groups excluding carboxylic acids is 2. The average molecular weight is 333 g/mol. The lowest BCUT2D eigenvalue weighted by molar-refractivity contribution is -0.141. The van der Waals surface area contributed by atoms with Gasteiger partial charge in [0.05, 0.1) is 24.5 Å². The van der Waals surface area contributed by atoms with Crippen molar-refractivity contribution in [3.63, 3.8) is 0 Å². The number of aliphatic carboxylic acids is 1. The fraction of sp³-hybridized carbons (Fsp3) is 0.312. The van der Waals surface area contributed by atoms with E-state index < -0.39 is 11.9 Å². The summed E-state index contributed by atoms with van der Waals surface area (Å²) in [6.45, 7) is 0.522. The van der Waals surface area contributed by atoms with E-state index in [-0.39, 0.29) is 18.1 Å². The molecular weight excluding hydrogens is 318 g/mol. The van der Waals surface area contributed by atoms with Gasteiger partial charge in [0.1, 0.15) is 5.75 Å². The lowest BCUT2D eigenvalue weighted by Gasteiger charge is -2.12. The summed E-state index contributed by atoms with van der Waals surface area (Å²) in [6.07, 6.45) is -0.364. The molecule has 0 spiro atoms. The summed E-state index contributed by atoms with van der Waals surface area (Å²) in [5.41, 5.74) is 0.732. The molecule has 1 fully saturated rings. The monoisotopic (exact) mass is 333 g/mol. The van der Waals surface area contributed by atoms with Gasteiger partial charge in [-0.1, -0.05) is 0 Å². The molecule has 0 unspecified atom stereocenters. The number of amides is 1. The number of hydrogen-bond acceptors (Lipinski definition) is 5. The minimum atomic E-state index is -1.09. The number of Topliss-reactive ketones (excluding diaryl/α,β-unsaturated/α-hetero) is 1. The number of carboxylic acid groups (broad SMARTS) is 1. The molecule has 0 saturated carbocycles. The molecule has 120 valence electrons. The molecule has 1 saturated heterocycles. The zero-order valence-corrected chi connectivity index (χ0v) is 13.3. The second-order valence-corrected chi connectivity index (χ2v) is 6.35. The molecule has 0 radical (unpaired) electrons. The first-order valence-electron chi connectivity index (χ1n) is 7.12. The molecule has 6 nitrogen and oxygen atoms in total. The maximum Gasteiger partial charge on any atom is 0.304 e. The minimum absolute atomic E-state index is 0.288. The topological polar surface area (TPSA) is 83.9 Å². The summed E-state index contributed by atoms with van der Waals surface area (Å²) < 4.78 is 5.07. The number of fused-ring (bicyclic) bond motifs is 1. The van der Waals surface area contributed by atoms with Gasteiger partial charge in [0.25, 0.3) is 0 Å². The highest BCUT2D eigenvalue weighted by Gasteiger charge is 2.45. The van der Waals surface area contributed by atoms with E-state index in [1.807, 2.05) is 0 Å². The van der Waals surface area contributed by atoms with Crippen LogP contribution in [0.15, 0.2) is 34.9 Å². The molecule has 1 aromatic carbocycles. The number of carboxylic acids is 1. The van der Waals surface area contributed by atoms with Crippen LogP contribution in [0.1, 0.15) is 16.8 Å². The number of carbonyl (C=O) groups is 3. The van der Waals surface area contributed by atoms with Crippen LogP contribution in [0.4, 0.5) is 0 Å². The fourth-order valence-corrected chi connectivity index (χ4v) is 4.02. The van der Waals surface area contributed by atoms with Crippen molar-refractivity contribution in [3.05, 3.63) is 40.4 Å². The Morgan fingerprint density at radius 2 is 2.04 bits per heavy atom. The Bertz CT molecular complexity index is 710. The van der Waals surface area contributed by atoms with Crippen LogP contribution in [0.25, 0.3) is 0 Å². The van der Waals surface area contributed by atoms with Gasteiger partial charge in [0.15, 0.2) is 5.78 Å². The molecule has 7 heteroatoms. The highest BCUT2D eigenvalue weighted by molar-refractivity contribution is 8.03. The third-order valence-electron chi connectivity index (χ3n) is 3.92. The van der Waals surface area contributed by atoms with Crippen LogP contribution in [0.2, 0.25) is 0 Å². The molecule has 0 aliphatic carbocycles. The second kappa shape index (κ2) is 6.08.